The molecule has 0 aliphatic carbocycles. The van der Waals surface area contributed by atoms with Crippen LogP contribution >= 0.6 is 23.8 Å². The standard InChI is InChI=1S/C18H16ClN5O5S/c1-2-28-12-3-5-14(15(7-12)24(26)27)21-18(30)22-17(25)16-6-4-13(29-16)10-23-9-11(19)8-20-23/h3-9H,2,10H2,1H3,(H2,21,22,25,30). The first-order chi connectivity index (χ1) is 14.4. The van der Waals surface area contributed by atoms with Crippen LogP contribution in [-0.4, -0.2) is 32.3 Å². The second kappa shape index (κ2) is 9.37. The maximum atomic E-state index is 12.3. The van der Waals surface area contributed by atoms with Gasteiger partial charge in [-0.05, 0) is 43.4 Å². The molecule has 0 spiro atoms. The summed E-state index contributed by atoms with van der Waals surface area (Å²) in [6.07, 6.45) is 3.11. The van der Waals surface area contributed by atoms with Crippen molar-refractivity contribution in [1.82, 2.24) is 15.1 Å². The number of anilines is 1. The maximum Gasteiger partial charge on any atom is 0.296 e. The van der Waals surface area contributed by atoms with E-state index in [0.29, 0.717) is 29.7 Å². The molecule has 3 aromatic rings. The molecule has 1 amide bonds. The number of aromatic nitrogens is 2. The minimum absolute atomic E-state index is 0.0218. The van der Waals surface area contributed by atoms with Crippen molar-refractivity contribution in [3.05, 3.63) is 69.4 Å². The van der Waals surface area contributed by atoms with E-state index in [1.165, 1.54) is 24.4 Å². The number of nitrogens with one attached hydrogen (secondary N) is 2. The topological polar surface area (TPSA) is 124 Å². The Bertz CT molecular complexity index is 1100. The lowest BCUT2D eigenvalue weighted by atomic mass is 10.2. The lowest BCUT2D eigenvalue weighted by Crippen LogP contribution is -2.34. The summed E-state index contributed by atoms with van der Waals surface area (Å²) >= 11 is 10.9. The van der Waals surface area contributed by atoms with E-state index in [2.05, 4.69) is 15.7 Å². The molecule has 156 valence electrons. The Hall–Kier alpha value is -3.44. The summed E-state index contributed by atoms with van der Waals surface area (Å²) in [5.74, 6) is 0.256. The van der Waals surface area contributed by atoms with E-state index < -0.39 is 10.8 Å². The molecule has 10 nitrogen and oxygen atoms in total. The number of hydrogen-bond donors (Lipinski definition) is 2. The zero-order valence-corrected chi connectivity index (χ0v) is 17.2. The third kappa shape index (κ3) is 5.33. The van der Waals surface area contributed by atoms with E-state index in [9.17, 15) is 14.9 Å². The van der Waals surface area contributed by atoms with Crippen molar-refractivity contribution in [3.63, 3.8) is 0 Å². The van der Waals surface area contributed by atoms with Gasteiger partial charge in [0, 0.05) is 6.20 Å². The zero-order valence-electron chi connectivity index (χ0n) is 15.6. The molecule has 0 aliphatic rings. The first-order valence-electron chi connectivity index (χ1n) is 8.66. The summed E-state index contributed by atoms with van der Waals surface area (Å²) in [5, 5.41) is 20.8. The number of thiocarbonyl (C=S) groups is 1. The third-order valence-corrected chi connectivity index (χ3v) is 4.16. The van der Waals surface area contributed by atoms with Crippen molar-refractivity contribution >= 4 is 46.2 Å². The number of hydrogen-bond acceptors (Lipinski definition) is 7. The Morgan fingerprint density at radius 2 is 2.20 bits per heavy atom. The number of carbonyl (C=O) groups is 1. The van der Waals surface area contributed by atoms with Gasteiger partial charge in [-0.25, -0.2) is 0 Å². The number of rotatable bonds is 7. The number of halogens is 1. The van der Waals surface area contributed by atoms with E-state index in [-0.39, 0.29) is 22.2 Å². The Balaban J connectivity index is 1.63. The minimum atomic E-state index is -0.606. The molecule has 0 saturated heterocycles. The summed E-state index contributed by atoms with van der Waals surface area (Å²) in [6, 6.07) is 7.39. The van der Waals surface area contributed by atoms with Gasteiger partial charge in [0.15, 0.2) is 10.9 Å². The highest BCUT2D eigenvalue weighted by atomic mass is 35.5. The van der Waals surface area contributed by atoms with Crippen LogP contribution in [0.5, 0.6) is 5.75 Å². The van der Waals surface area contributed by atoms with Crippen molar-refractivity contribution in [3.8, 4) is 5.75 Å². The predicted molar refractivity (Wildman–Crippen MR) is 113 cm³/mol. The van der Waals surface area contributed by atoms with E-state index in [1.807, 2.05) is 0 Å². The van der Waals surface area contributed by atoms with Crippen LogP contribution in [0.3, 0.4) is 0 Å². The van der Waals surface area contributed by atoms with E-state index in [4.69, 9.17) is 33.0 Å². The largest absolute Gasteiger partial charge is 0.494 e. The molecule has 30 heavy (non-hydrogen) atoms. The minimum Gasteiger partial charge on any atom is -0.494 e. The molecule has 0 fully saturated rings. The lowest BCUT2D eigenvalue weighted by molar-refractivity contribution is -0.384. The second-order valence-corrected chi connectivity index (χ2v) is 6.74. The quantitative estimate of drug-likeness (QED) is 0.318. The molecule has 2 heterocycles. The smallest absolute Gasteiger partial charge is 0.296 e. The molecule has 3 rings (SSSR count). The van der Waals surface area contributed by atoms with Gasteiger partial charge in [-0.15, -0.1) is 0 Å². The van der Waals surface area contributed by atoms with Crippen LogP contribution < -0.4 is 15.4 Å². The van der Waals surface area contributed by atoms with E-state index in [0.717, 1.165) is 0 Å². The molecule has 0 saturated carbocycles. The van der Waals surface area contributed by atoms with Gasteiger partial charge in [-0.2, -0.15) is 5.10 Å². The Morgan fingerprint density at radius 1 is 1.40 bits per heavy atom. The van der Waals surface area contributed by atoms with Gasteiger partial charge < -0.3 is 14.5 Å². The van der Waals surface area contributed by atoms with Gasteiger partial charge in [0.1, 0.15) is 17.2 Å². The van der Waals surface area contributed by atoms with Crippen LogP contribution in [0, 0.1) is 10.1 Å². The van der Waals surface area contributed by atoms with E-state index >= 15 is 0 Å². The molecule has 2 aromatic heterocycles. The van der Waals surface area contributed by atoms with E-state index in [1.54, 1.807) is 29.9 Å². The number of furan rings is 1. The van der Waals surface area contributed by atoms with Crippen molar-refractivity contribution in [2.45, 2.75) is 13.5 Å². The maximum absolute atomic E-state index is 12.3. The van der Waals surface area contributed by atoms with Crippen molar-refractivity contribution < 1.29 is 18.9 Å². The summed E-state index contributed by atoms with van der Waals surface area (Å²) in [5.41, 5.74) is -0.125. The zero-order chi connectivity index (χ0) is 21.7. The fourth-order valence-corrected chi connectivity index (χ4v) is 2.87. The summed E-state index contributed by atoms with van der Waals surface area (Å²) < 4.78 is 12.3. The molecule has 1 aromatic carbocycles. The summed E-state index contributed by atoms with van der Waals surface area (Å²) in [7, 11) is 0. The van der Waals surface area contributed by atoms with Gasteiger partial charge >= 0.3 is 0 Å². The highest BCUT2D eigenvalue weighted by Crippen LogP contribution is 2.29. The van der Waals surface area contributed by atoms with Crippen molar-refractivity contribution in [1.29, 1.82) is 0 Å². The SMILES string of the molecule is CCOc1ccc(NC(=S)NC(=O)c2ccc(Cn3cc(Cl)cn3)o2)c([N+](=O)[O-])c1. The van der Waals surface area contributed by atoms with Crippen LogP contribution in [-0.2, 0) is 6.54 Å². The molecule has 0 unspecified atom stereocenters. The molecule has 0 radical (unpaired) electrons. The number of nitro benzene ring substituents is 1. The Labute approximate surface area is 180 Å². The van der Waals surface area contributed by atoms with Gasteiger partial charge in [0.05, 0.1) is 35.4 Å². The third-order valence-electron chi connectivity index (χ3n) is 3.76. The molecule has 12 heteroatoms. The summed E-state index contributed by atoms with van der Waals surface area (Å²) in [6.45, 7) is 2.44. The first-order valence-corrected chi connectivity index (χ1v) is 9.44. The number of nitrogens with zero attached hydrogens (tertiary/aromatic N) is 3. The molecular weight excluding hydrogens is 434 g/mol. The Morgan fingerprint density at radius 3 is 2.87 bits per heavy atom. The van der Waals surface area contributed by atoms with Crippen molar-refractivity contribution in [2.24, 2.45) is 0 Å². The first kappa shape index (κ1) is 21.3. The number of amides is 1. The molecule has 2 N–H and O–H groups in total. The van der Waals surface area contributed by atoms with Crippen LogP contribution in [0.15, 0.2) is 47.1 Å². The summed E-state index contributed by atoms with van der Waals surface area (Å²) in [4.78, 5) is 23.1. The molecule has 0 bridgehead atoms. The van der Waals surface area contributed by atoms with Crippen LogP contribution in [0.2, 0.25) is 5.02 Å². The van der Waals surface area contributed by atoms with Crippen LogP contribution in [0.1, 0.15) is 23.2 Å². The highest BCUT2D eigenvalue weighted by Gasteiger charge is 2.18. The number of carbonyl (C=O) groups excluding carboxylic acids is 1. The number of ether oxygens (including phenoxy) is 1. The predicted octanol–water partition coefficient (Wildman–Crippen LogP) is 3.61. The average molecular weight is 450 g/mol. The molecule has 0 aliphatic heterocycles. The average Bonchev–Trinajstić information content (AvgIpc) is 3.32. The highest BCUT2D eigenvalue weighted by molar-refractivity contribution is 7.80. The lowest BCUT2D eigenvalue weighted by Gasteiger charge is -2.10. The van der Waals surface area contributed by atoms with Crippen LogP contribution in [0.25, 0.3) is 0 Å². The van der Waals surface area contributed by atoms with Crippen LogP contribution in [0.4, 0.5) is 11.4 Å². The number of nitro groups is 1. The monoisotopic (exact) mass is 449 g/mol. The molecular formula is C18H16ClN5O5S. The second-order valence-electron chi connectivity index (χ2n) is 5.90. The fourth-order valence-electron chi connectivity index (χ4n) is 2.51. The normalized spacial score (nSPS) is 10.5. The van der Waals surface area contributed by atoms with Gasteiger partial charge in [0.2, 0.25) is 0 Å². The van der Waals surface area contributed by atoms with Gasteiger partial charge in [-0.3, -0.25) is 24.9 Å². The van der Waals surface area contributed by atoms with Gasteiger partial charge in [-0.1, -0.05) is 11.6 Å². The van der Waals surface area contributed by atoms with Gasteiger partial charge in [0.25, 0.3) is 11.6 Å². The van der Waals surface area contributed by atoms with Crippen molar-refractivity contribution in [2.75, 3.05) is 11.9 Å². The fraction of sp³-hybridized carbons (Fsp3) is 0.167. The Kier molecular flexibility index (Phi) is 6.65. The molecule has 0 atom stereocenters. The number of benzene rings is 1.